The van der Waals surface area contributed by atoms with E-state index in [0.29, 0.717) is 6.04 Å². The Bertz CT molecular complexity index is 506. The van der Waals surface area contributed by atoms with Gasteiger partial charge in [-0.25, -0.2) is 0 Å². The molecule has 1 aromatic carbocycles. The number of fused-ring (bicyclic) bond motifs is 2. The van der Waals surface area contributed by atoms with Crippen LogP contribution in [-0.4, -0.2) is 29.6 Å². The van der Waals surface area contributed by atoms with Gasteiger partial charge in [-0.05, 0) is 30.4 Å². The lowest BCUT2D eigenvalue weighted by Crippen LogP contribution is -2.41. The molecular formula is C16H20N2OS. The molecule has 4 heteroatoms. The van der Waals surface area contributed by atoms with Crippen LogP contribution in [0.15, 0.2) is 29.3 Å². The molecule has 0 bridgehead atoms. The van der Waals surface area contributed by atoms with Gasteiger partial charge in [-0.2, -0.15) is 0 Å². The van der Waals surface area contributed by atoms with Gasteiger partial charge in [0.15, 0.2) is 5.17 Å². The number of thioether (sulfide) groups is 1. The predicted octanol–water partition coefficient (Wildman–Crippen LogP) is 2.85. The van der Waals surface area contributed by atoms with Crippen molar-refractivity contribution < 1.29 is 4.74 Å². The first-order valence-corrected chi connectivity index (χ1v) is 8.55. The molecular weight excluding hydrogens is 268 g/mol. The highest BCUT2D eigenvalue weighted by molar-refractivity contribution is 8.13. The summed E-state index contributed by atoms with van der Waals surface area (Å²) >= 11 is 1.89. The number of ether oxygens (including phenoxy) is 1. The van der Waals surface area contributed by atoms with Crippen LogP contribution in [0.2, 0.25) is 0 Å². The van der Waals surface area contributed by atoms with Crippen molar-refractivity contribution in [3.8, 4) is 5.75 Å². The van der Waals surface area contributed by atoms with Crippen molar-refractivity contribution in [3.63, 3.8) is 0 Å². The second-order valence-electron chi connectivity index (χ2n) is 5.95. The van der Waals surface area contributed by atoms with Crippen LogP contribution in [0.1, 0.15) is 24.8 Å². The summed E-state index contributed by atoms with van der Waals surface area (Å²) in [6.07, 6.45) is 5.28. The molecule has 4 rings (SSSR count). The molecule has 1 saturated heterocycles. The number of hydrogen-bond donors (Lipinski definition) is 1. The fourth-order valence-corrected chi connectivity index (χ4v) is 4.62. The molecule has 2 fully saturated rings. The summed E-state index contributed by atoms with van der Waals surface area (Å²) in [5.41, 5.74) is 1.32. The maximum atomic E-state index is 5.94. The molecule has 1 aromatic rings. The van der Waals surface area contributed by atoms with E-state index in [9.17, 15) is 0 Å². The fraction of sp³-hybridized carbons (Fsp3) is 0.562. The van der Waals surface area contributed by atoms with Gasteiger partial charge in [-0.1, -0.05) is 36.4 Å². The van der Waals surface area contributed by atoms with E-state index in [1.54, 1.807) is 0 Å². The Labute approximate surface area is 124 Å². The lowest BCUT2D eigenvalue weighted by Gasteiger charge is -2.28. The molecule has 3 aliphatic rings. The van der Waals surface area contributed by atoms with Crippen LogP contribution in [0.5, 0.6) is 5.75 Å². The minimum atomic E-state index is 0.212. The maximum absolute atomic E-state index is 5.94. The zero-order chi connectivity index (χ0) is 13.4. The molecule has 1 aliphatic carbocycles. The Kier molecular flexibility index (Phi) is 3.34. The maximum Gasteiger partial charge on any atom is 0.156 e. The molecule has 0 aromatic heterocycles. The van der Waals surface area contributed by atoms with E-state index in [1.807, 2.05) is 17.8 Å². The van der Waals surface area contributed by atoms with Gasteiger partial charge >= 0.3 is 0 Å². The van der Waals surface area contributed by atoms with Crippen molar-refractivity contribution in [1.82, 2.24) is 5.32 Å². The third kappa shape index (κ3) is 2.41. The van der Waals surface area contributed by atoms with Crippen LogP contribution >= 0.6 is 11.8 Å². The average Bonchev–Trinajstić information content (AvgIpc) is 3.10. The summed E-state index contributed by atoms with van der Waals surface area (Å²) < 4.78 is 5.94. The van der Waals surface area contributed by atoms with Crippen molar-refractivity contribution in [2.75, 3.05) is 12.3 Å². The average molecular weight is 288 g/mol. The van der Waals surface area contributed by atoms with Crippen LogP contribution in [0.3, 0.4) is 0 Å². The van der Waals surface area contributed by atoms with E-state index in [2.05, 4.69) is 23.5 Å². The van der Waals surface area contributed by atoms with Crippen molar-refractivity contribution in [2.24, 2.45) is 10.9 Å². The molecule has 106 valence electrons. The molecule has 1 saturated carbocycles. The number of amidine groups is 1. The zero-order valence-corrected chi connectivity index (χ0v) is 12.4. The Morgan fingerprint density at radius 1 is 1.30 bits per heavy atom. The Hall–Kier alpha value is -1.16. The van der Waals surface area contributed by atoms with Gasteiger partial charge in [0, 0.05) is 18.2 Å². The molecule has 3 atom stereocenters. The van der Waals surface area contributed by atoms with E-state index >= 15 is 0 Å². The number of para-hydroxylation sites is 1. The number of hydrogen-bond acceptors (Lipinski definition) is 3. The van der Waals surface area contributed by atoms with Gasteiger partial charge in [0.1, 0.15) is 11.9 Å². The van der Waals surface area contributed by atoms with Gasteiger partial charge in [-0.15, -0.1) is 0 Å². The normalized spacial score (nSPS) is 33.4. The molecule has 2 heterocycles. The van der Waals surface area contributed by atoms with Crippen molar-refractivity contribution in [1.29, 1.82) is 0 Å². The van der Waals surface area contributed by atoms with E-state index in [0.717, 1.165) is 29.8 Å². The predicted molar refractivity (Wildman–Crippen MR) is 83.6 cm³/mol. The van der Waals surface area contributed by atoms with E-state index in [4.69, 9.17) is 9.73 Å². The van der Waals surface area contributed by atoms with E-state index in [-0.39, 0.29) is 6.10 Å². The number of rotatable bonds is 2. The first-order valence-electron chi connectivity index (χ1n) is 7.57. The van der Waals surface area contributed by atoms with Crippen LogP contribution in [0, 0.1) is 5.92 Å². The smallest absolute Gasteiger partial charge is 0.156 e. The van der Waals surface area contributed by atoms with Crippen molar-refractivity contribution in [2.45, 2.75) is 37.8 Å². The Morgan fingerprint density at radius 3 is 3.20 bits per heavy atom. The highest BCUT2D eigenvalue weighted by Gasteiger charge is 2.32. The number of benzene rings is 1. The SMILES string of the molecule is c1ccc2c(c1)CC(CN=C1NC3CCCC3CS1)O2. The fourth-order valence-electron chi connectivity index (χ4n) is 3.44. The minimum absolute atomic E-state index is 0.212. The van der Waals surface area contributed by atoms with E-state index < -0.39 is 0 Å². The van der Waals surface area contributed by atoms with Crippen molar-refractivity contribution >= 4 is 16.9 Å². The summed E-state index contributed by atoms with van der Waals surface area (Å²) in [6.45, 7) is 0.765. The molecule has 0 radical (unpaired) electrons. The largest absolute Gasteiger partial charge is 0.488 e. The molecule has 0 spiro atoms. The monoisotopic (exact) mass is 288 g/mol. The molecule has 20 heavy (non-hydrogen) atoms. The summed E-state index contributed by atoms with van der Waals surface area (Å²) in [7, 11) is 0. The highest BCUT2D eigenvalue weighted by Crippen LogP contribution is 2.33. The second kappa shape index (κ2) is 5.32. The van der Waals surface area contributed by atoms with Gasteiger partial charge in [-0.3, -0.25) is 4.99 Å². The molecule has 3 nitrogen and oxygen atoms in total. The van der Waals surface area contributed by atoms with Gasteiger partial charge < -0.3 is 10.1 Å². The quantitative estimate of drug-likeness (QED) is 0.908. The third-order valence-electron chi connectivity index (χ3n) is 4.55. The summed E-state index contributed by atoms with van der Waals surface area (Å²) in [5, 5.41) is 4.75. The topological polar surface area (TPSA) is 33.6 Å². The van der Waals surface area contributed by atoms with Crippen LogP contribution in [0.4, 0.5) is 0 Å². The van der Waals surface area contributed by atoms with Gasteiger partial charge in [0.2, 0.25) is 0 Å². The summed E-state index contributed by atoms with van der Waals surface area (Å²) in [5.74, 6) is 3.14. The Balaban J connectivity index is 1.36. The lowest BCUT2D eigenvalue weighted by atomic mass is 10.1. The van der Waals surface area contributed by atoms with E-state index in [1.165, 1.54) is 30.6 Å². The molecule has 3 unspecified atom stereocenters. The standard InChI is InChI=1S/C16H20N2OS/c1-2-7-15-11(4-1)8-13(19-15)9-17-16-18-14-6-3-5-12(14)10-20-16/h1-2,4,7,12-14H,3,5-6,8-10H2,(H,17,18). The molecule has 2 aliphatic heterocycles. The van der Waals surface area contributed by atoms with Gasteiger partial charge in [0.25, 0.3) is 0 Å². The Morgan fingerprint density at radius 2 is 2.25 bits per heavy atom. The summed E-state index contributed by atoms with van der Waals surface area (Å²) in [6, 6.07) is 9.00. The first kappa shape index (κ1) is 12.6. The highest BCUT2D eigenvalue weighted by atomic mass is 32.2. The third-order valence-corrected chi connectivity index (χ3v) is 5.67. The molecule has 1 N–H and O–H groups in total. The van der Waals surface area contributed by atoms with Crippen LogP contribution in [0.25, 0.3) is 0 Å². The number of nitrogens with one attached hydrogen (secondary N) is 1. The lowest BCUT2D eigenvalue weighted by molar-refractivity contribution is 0.242. The van der Waals surface area contributed by atoms with Crippen LogP contribution in [-0.2, 0) is 6.42 Å². The number of aliphatic imine (C=N–C) groups is 1. The minimum Gasteiger partial charge on any atom is -0.488 e. The van der Waals surface area contributed by atoms with Crippen molar-refractivity contribution in [3.05, 3.63) is 29.8 Å². The molecule has 0 amide bonds. The zero-order valence-electron chi connectivity index (χ0n) is 11.5. The van der Waals surface area contributed by atoms with Crippen LogP contribution < -0.4 is 10.1 Å². The summed E-state index contributed by atoms with van der Waals surface area (Å²) in [4.78, 5) is 4.75. The number of nitrogens with zero attached hydrogens (tertiary/aromatic N) is 1. The second-order valence-corrected chi connectivity index (χ2v) is 6.96. The van der Waals surface area contributed by atoms with Gasteiger partial charge in [0.05, 0.1) is 6.54 Å². The first-order chi connectivity index (χ1) is 9.88.